The Labute approximate surface area is 66.2 Å². The zero-order valence-electron chi connectivity index (χ0n) is 6.22. The van der Waals surface area contributed by atoms with Crippen LogP contribution < -0.4 is 0 Å². The van der Waals surface area contributed by atoms with Gasteiger partial charge in [0.2, 0.25) is 0 Å². The standard InChI is InChI=1S/C11H8/c1-3-9-6-7-10-5-4-8(2)11(9)10/h3-6H,1-2H2. The lowest BCUT2D eigenvalue weighted by Crippen LogP contribution is -1.81. The van der Waals surface area contributed by atoms with Crippen molar-refractivity contribution in [2.75, 3.05) is 0 Å². The number of hydrogen-bond donors (Lipinski definition) is 0. The van der Waals surface area contributed by atoms with Crippen molar-refractivity contribution >= 4 is 0 Å². The Kier molecular flexibility index (Phi) is 1.12. The molecule has 0 aromatic carbocycles. The van der Waals surface area contributed by atoms with Crippen LogP contribution in [0.15, 0.2) is 65.5 Å². The van der Waals surface area contributed by atoms with Crippen LogP contribution in [0.2, 0.25) is 0 Å². The topological polar surface area (TPSA) is 0 Å². The lowest BCUT2D eigenvalue weighted by molar-refractivity contribution is 1.55. The monoisotopic (exact) mass is 140 g/mol. The summed E-state index contributed by atoms with van der Waals surface area (Å²) in [5, 5.41) is 0. The van der Waals surface area contributed by atoms with Crippen LogP contribution in [0.3, 0.4) is 0 Å². The van der Waals surface area contributed by atoms with Crippen LogP contribution in [0.4, 0.5) is 0 Å². The molecule has 0 amide bonds. The molecule has 0 heteroatoms. The molecule has 0 aromatic heterocycles. The molecular weight excluding hydrogens is 132 g/mol. The van der Waals surface area contributed by atoms with Gasteiger partial charge in [0.1, 0.15) is 0 Å². The number of hydrogen-bond acceptors (Lipinski definition) is 0. The minimum Gasteiger partial charge on any atom is -0.112 e. The Hall–Kier alpha value is -1.52. The molecule has 0 heterocycles. The van der Waals surface area contributed by atoms with Crippen molar-refractivity contribution in [2.24, 2.45) is 0 Å². The Bertz CT molecular complexity index is 367. The van der Waals surface area contributed by atoms with Crippen LogP contribution in [0, 0.1) is 0 Å². The number of rotatable bonds is 1. The van der Waals surface area contributed by atoms with Gasteiger partial charge in [-0.25, -0.2) is 0 Å². The van der Waals surface area contributed by atoms with E-state index in [-0.39, 0.29) is 0 Å². The van der Waals surface area contributed by atoms with Crippen LogP contribution in [0.25, 0.3) is 0 Å². The van der Waals surface area contributed by atoms with E-state index in [0.29, 0.717) is 0 Å². The maximum absolute atomic E-state index is 3.92. The average molecular weight is 140 g/mol. The van der Waals surface area contributed by atoms with E-state index in [2.05, 4.69) is 18.9 Å². The third-order valence-electron chi connectivity index (χ3n) is 1.93. The summed E-state index contributed by atoms with van der Waals surface area (Å²) in [6.45, 7) is 7.65. The van der Waals surface area contributed by atoms with E-state index in [1.54, 1.807) is 0 Å². The molecule has 0 aromatic rings. The van der Waals surface area contributed by atoms with Crippen LogP contribution in [0.1, 0.15) is 0 Å². The van der Waals surface area contributed by atoms with E-state index in [4.69, 9.17) is 0 Å². The highest BCUT2D eigenvalue weighted by Gasteiger charge is 2.16. The minimum absolute atomic E-state index is 1.07. The van der Waals surface area contributed by atoms with Gasteiger partial charge in [-0.15, -0.1) is 5.73 Å². The predicted octanol–water partition coefficient (Wildman–Crippen LogP) is 2.69. The van der Waals surface area contributed by atoms with Crippen molar-refractivity contribution in [3.05, 3.63) is 65.5 Å². The van der Waals surface area contributed by atoms with Gasteiger partial charge >= 0.3 is 0 Å². The van der Waals surface area contributed by atoms with Gasteiger partial charge in [-0.1, -0.05) is 25.3 Å². The van der Waals surface area contributed by atoms with Crippen molar-refractivity contribution in [3.63, 3.8) is 0 Å². The third-order valence-corrected chi connectivity index (χ3v) is 1.93. The molecule has 0 spiro atoms. The van der Waals surface area contributed by atoms with E-state index < -0.39 is 0 Å². The zero-order valence-corrected chi connectivity index (χ0v) is 6.22. The number of allylic oxidation sites excluding steroid dienone is 7. The largest absolute Gasteiger partial charge is 0.112 e. The first-order valence-electron chi connectivity index (χ1n) is 3.54. The van der Waals surface area contributed by atoms with Gasteiger partial charge in [0.05, 0.1) is 0 Å². The van der Waals surface area contributed by atoms with Gasteiger partial charge in [0.15, 0.2) is 0 Å². The van der Waals surface area contributed by atoms with Crippen LogP contribution in [-0.2, 0) is 0 Å². The summed E-state index contributed by atoms with van der Waals surface area (Å²) in [5.74, 6) is 0. The molecule has 2 aliphatic rings. The van der Waals surface area contributed by atoms with Crippen molar-refractivity contribution < 1.29 is 0 Å². The Morgan fingerprint density at radius 2 is 2.18 bits per heavy atom. The summed E-state index contributed by atoms with van der Waals surface area (Å²) in [5.41, 5.74) is 7.69. The van der Waals surface area contributed by atoms with Crippen LogP contribution >= 0.6 is 0 Å². The van der Waals surface area contributed by atoms with E-state index in [9.17, 15) is 0 Å². The molecule has 0 aliphatic heterocycles. The summed E-state index contributed by atoms with van der Waals surface area (Å²) in [6, 6.07) is 0. The molecule has 0 radical (unpaired) electrons. The minimum atomic E-state index is 1.07. The SMILES string of the molecule is C=CC1=C2C(=C)C=CC2=C=C1. The Balaban J connectivity index is 2.65. The molecule has 2 aliphatic carbocycles. The highest BCUT2D eigenvalue weighted by atomic mass is 14.2. The molecule has 0 saturated heterocycles. The summed E-state index contributed by atoms with van der Waals surface area (Å²) >= 11 is 0. The second kappa shape index (κ2) is 1.98. The first-order valence-corrected chi connectivity index (χ1v) is 3.54. The van der Waals surface area contributed by atoms with E-state index >= 15 is 0 Å². The first kappa shape index (κ1) is 6.21. The second-order valence-electron chi connectivity index (χ2n) is 2.60. The summed E-state index contributed by atoms with van der Waals surface area (Å²) in [7, 11) is 0. The molecule has 0 fully saturated rings. The summed E-state index contributed by atoms with van der Waals surface area (Å²) < 4.78 is 0. The lowest BCUT2D eigenvalue weighted by Gasteiger charge is -1.98. The van der Waals surface area contributed by atoms with Crippen LogP contribution in [-0.4, -0.2) is 0 Å². The van der Waals surface area contributed by atoms with Gasteiger partial charge in [-0.3, -0.25) is 0 Å². The van der Waals surface area contributed by atoms with E-state index in [1.807, 2.05) is 24.3 Å². The molecule has 0 bridgehead atoms. The van der Waals surface area contributed by atoms with Crippen LogP contribution in [0.5, 0.6) is 0 Å². The van der Waals surface area contributed by atoms with Crippen molar-refractivity contribution in [3.8, 4) is 0 Å². The highest BCUT2D eigenvalue weighted by Crippen LogP contribution is 2.33. The summed E-state index contributed by atoms with van der Waals surface area (Å²) in [6.07, 6.45) is 7.83. The molecule has 2 rings (SSSR count). The fourth-order valence-electron chi connectivity index (χ4n) is 1.37. The van der Waals surface area contributed by atoms with Crippen molar-refractivity contribution in [1.29, 1.82) is 0 Å². The Morgan fingerprint density at radius 3 is 2.91 bits per heavy atom. The van der Waals surface area contributed by atoms with Crippen molar-refractivity contribution in [2.45, 2.75) is 0 Å². The molecule has 0 atom stereocenters. The number of fused-ring (bicyclic) bond motifs is 1. The fraction of sp³-hybridized carbons (Fsp3) is 0. The molecule has 0 saturated carbocycles. The van der Waals surface area contributed by atoms with E-state index in [0.717, 1.165) is 16.7 Å². The van der Waals surface area contributed by atoms with Gasteiger partial charge in [0, 0.05) is 11.1 Å². The van der Waals surface area contributed by atoms with Gasteiger partial charge < -0.3 is 0 Å². The third kappa shape index (κ3) is 0.705. The second-order valence-corrected chi connectivity index (χ2v) is 2.60. The molecule has 0 N–H and O–H groups in total. The highest BCUT2D eigenvalue weighted by molar-refractivity contribution is 5.69. The molecule has 52 valence electrons. The normalized spacial score (nSPS) is 19.3. The zero-order chi connectivity index (χ0) is 7.84. The summed E-state index contributed by atoms with van der Waals surface area (Å²) in [4.78, 5) is 0. The molecular formula is C11H8. The molecule has 11 heavy (non-hydrogen) atoms. The van der Waals surface area contributed by atoms with Gasteiger partial charge in [0.25, 0.3) is 0 Å². The smallest absolute Gasteiger partial charge is 0.0249 e. The van der Waals surface area contributed by atoms with Gasteiger partial charge in [-0.05, 0) is 23.3 Å². The molecule has 0 unspecified atom stereocenters. The Morgan fingerprint density at radius 1 is 1.36 bits per heavy atom. The quantitative estimate of drug-likeness (QED) is 0.491. The lowest BCUT2D eigenvalue weighted by atomic mass is 10.0. The maximum atomic E-state index is 3.92. The fourth-order valence-corrected chi connectivity index (χ4v) is 1.37. The van der Waals surface area contributed by atoms with Crippen molar-refractivity contribution in [1.82, 2.24) is 0 Å². The van der Waals surface area contributed by atoms with E-state index in [1.165, 1.54) is 5.57 Å². The first-order chi connectivity index (χ1) is 5.33. The average Bonchev–Trinajstić information content (AvgIpc) is 2.54. The molecule has 0 nitrogen and oxygen atoms in total. The van der Waals surface area contributed by atoms with Gasteiger partial charge in [-0.2, -0.15) is 0 Å². The maximum Gasteiger partial charge on any atom is 0.0249 e. The predicted molar refractivity (Wildman–Crippen MR) is 47.1 cm³/mol.